The fourth-order valence-corrected chi connectivity index (χ4v) is 2.48. The SMILES string of the molecule is CC(C)C(C)c1ccc(N2CCCNCC2)cc1. The average Bonchev–Trinajstić information content (AvgIpc) is 2.67. The standard InChI is InChI=1S/C16H26N2/c1-13(2)14(3)15-5-7-16(8-6-15)18-11-4-9-17-10-12-18/h5-8,13-14,17H,4,9-12H2,1-3H3. The minimum atomic E-state index is 0.643. The summed E-state index contributed by atoms with van der Waals surface area (Å²) in [5, 5.41) is 3.45. The second kappa shape index (κ2) is 6.24. The van der Waals surface area contributed by atoms with Gasteiger partial charge >= 0.3 is 0 Å². The Hall–Kier alpha value is -1.02. The summed E-state index contributed by atoms with van der Waals surface area (Å²) in [4.78, 5) is 2.49. The summed E-state index contributed by atoms with van der Waals surface area (Å²) in [5.74, 6) is 1.35. The lowest BCUT2D eigenvalue weighted by molar-refractivity contribution is 0.535. The van der Waals surface area contributed by atoms with Gasteiger partial charge in [-0.2, -0.15) is 0 Å². The summed E-state index contributed by atoms with van der Waals surface area (Å²) in [7, 11) is 0. The van der Waals surface area contributed by atoms with Crippen molar-refractivity contribution in [2.45, 2.75) is 33.1 Å². The number of anilines is 1. The first-order valence-corrected chi connectivity index (χ1v) is 7.24. The summed E-state index contributed by atoms with van der Waals surface area (Å²) in [6.45, 7) is 11.4. The number of rotatable bonds is 3. The van der Waals surface area contributed by atoms with E-state index in [0.29, 0.717) is 11.8 Å². The first kappa shape index (κ1) is 13.4. The van der Waals surface area contributed by atoms with E-state index in [9.17, 15) is 0 Å². The summed E-state index contributed by atoms with van der Waals surface area (Å²) in [6.07, 6.45) is 1.24. The maximum absolute atomic E-state index is 3.45. The molecule has 1 N–H and O–H groups in total. The largest absolute Gasteiger partial charge is 0.370 e. The van der Waals surface area contributed by atoms with E-state index in [1.54, 1.807) is 0 Å². The van der Waals surface area contributed by atoms with E-state index in [-0.39, 0.29) is 0 Å². The van der Waals surface area contributed by atoms with Crippen LogP contribution < -0.4 is 10.2 Å². The van der Waals surface area contributed by atoms with E-state index >= 15 is 0 Å². The minimum Gasteiger partial charge on any atom is -0.370 e. The average molecular weight is 246 g/mol. The fourth-order valence-electron chi connectivity index (χ4n) is 2.48. The third kappa shape index (κ3) is 3.26. The van der Waals surface area contributed by atoms with Gasteiger partial charge in [0.1, 0.15) is 0 Å². The lowest BCUT2D eigenvalue weighted by atomic mass is 9.90. The molecule has 1 aliphatic rings. The first-order chi connectivity index (χ1) is 8.68. The van der Waals surface area contributed by atoms with Gasteiger partial charge in [0.15, 0.2) is 0 Å². The molecule has 0 spiro atoms. The van der Waals surface area contributed by atoms with E-state index in [1.807, 2.05) is 0 Å². The second-order valence-corrected chi connectivity index (χ2v) is 5.71. The van der Waals surface area contributed by atoms with Crippen LogP contribution in [0.2, 0.25) is 0 Å². The summed E-state index contributed by atoms with van der Waals surface area (Å²) in [5.41, 5.74) is 2.83. The molecular formula is C16H26N2. The van der Waals surface area contributed by atoms with Crippen molar-refractivity contribution in [3.8, 4) is 0 Å². The molecule has 1 aromatic carbocycles. The number of nitrogens with zero attached hydrogens (tertiary/aromatic N) is 1. The van der Waals surface area contributed by atoms with Crippen LogP contribution in [0, 0.1) is 5.92 Å². The van der Waals surface area contributed by atoms with Crippen LogP contribution >= 0.6 is 0 Å². The summed E-state index contributed by atoms with van der Waals surface area (Å²) < 4.78 is 0. The van der Waals surface area contributed by atoms with Gasteiger partial charge < -0.3 is 10.2 Å². The highest BCUT2D eigenvalue weighted by atomic mass is 15.2. The molecule has 18 heavy (non-hydrogen) atoms. The molecule has 1 aliphatic heterocycles. The molecule has 1 saturated heterocycles. The molecule has 1 atom stereocenters. The second-order valence-electron chi connectivity index (χ2n) is 5.71. The molecule has 0 aromatic heterocycles. The van der Waals surface area contributed by atoms with Gasteiger partial charge in [-0.3, -0.25) is 0 Å². The van der Waals surface area contributed by atoms with Crippen molar-refractivity contribution in [2.75, 3.05) is 31.1 Å². The number of benzene rings is 1. The lowest BCUT2D eigenvalue weighted by Crippen LogP contribution is -2.27. The summed E-state index contributed by atoms with van der Waals surface area (Å²) in [6, 6.07) is 9.19. The number of hydrogen-bond acceptors (Lipinski definition) is 2. The van der Waals surface area contributed by atoms with Gasteiger partial charge in [-0.25, -0.2) is 0 Å². The van der Waals surface area contributed by atoms with E-state index < -0.39 is 0 Å². The highest BCUT2D eigenvalue weighted by Gasteiger charge is 2.12. The molecule has 0 bridgehead atoms. The molecule has 0 saturated carbocycles. The Morgan fingerprint density at radius 3 is 2.39 bits per heavy atom. The third-order valence-electron chi connectivity index (χ3n) is 4.12. The van der Waals surface area contributed by atoms with Gasteiger partial charge in [-0.05, 0) is 42.5 Å². The smallest absolute Gasteiger partial charge is 0.0366 e. The molecule has 1 unspecified atom stereocenters. The van der Waals surface area contributed by atoms with Gasteiger partial charge in [0.25, 0.3) is 0 Å². The third-order valence-corrected chi connectivity index (χ3v) is 4.12. The predicted molar refractivity (Wildman–Crippen MR) is 79.4 cm³/mol. The zero-order valence-corrected chi connectivity index (χ0v) is 11.9. The molecule has 0 aliphatic carbocycles. The Morgan fingerprint density at radius 2 is 1.72 bits per heavy atom. The van der Waals surface area contributed by atoms with E-state index in [4.69, 9.17) is 0 Å². The molecule has 2 rings (SSSR count). The molecule has 1 heterocycles. The number of nitrogens with one attached hydrogen (secondary N) is 1. The molecule has 2 nitrogen and oxygen atoms in total. The maximum atomic E-state index is 3.45. The van der Waals surface area contributed by atoms with E-state index in [1.165, 1.54) is 24.2 Å². The first-order valence-electron chi connectivity index (χ1n) is 7.24. The molecule has 0 amide bonds. The van der Waals surface area contributed by atoms with Gasteiger partial charge in [0.2, 0.25) is 0 Å². The Bertz CT molecular complexity index is 348. The highest BCUT2D eigenvalue weighted by molar-refractivity contribution is 5.48. The topological polar surface area (TPSA) is 15.3 Å². The van der Waals surface area contributed by atoms with Gasteiger partial charge in [-0.1, -0.05) is 32.9 Å². The van der Waals surface area contributed by atoms with Crippen molar-refractivity contribution < 1.29 is 0 Å². The molecule has 0 radical (unpaired) electrons. The quantitative estimate of drug-likeness (QED) is 0.881. The van der Waals surface area contributed by atoms with Gasteiger partial charge in [0, 0.05) is 25.3 Å². The van der Waals surface area contributed by atoms with Crippen LogP contribution in [-0.2, 0) is 0 Å². The zero-order chi connectivity index (χ0) is 13.0. The molecule has 2 heteroatoms. The van der Waals surface area contributed by atoms with Crippen LogP contribution in [0.4, 0.5) is 5.69 Å². The monoisotopic (exact) mass is 246 g/mol. The van der Waals surface area contributed by atoms with Crippen molar-refractivity contribution in [1.29, 1.82) is 0 Å². The van der Waals surface area contributed by atoms with Crippen LogP contribution in [-0.4, -0.2) is 26.2 Å². The van der Waals surface area contributed by atoms with Crippen LogP contribution in [0.5, 0.6) is 0 Å². The lowest BCUT2D eigenvalue weighted by Gasteiger charge is -2.23. The van der Waals surface area contributed by atoms with E-state index in [0.717, 1.165) is 19.6 Å². The zero-order valence-electron chi connectivity index (χ0n) is 11.9. The molecule has 100 valence electrons. The van der Waals surface area contributed by atoms with Crippen molar-refractivity contribution in [2.24, 2.45) is 5.92 Å². The van der Waals surface area contributed by atoms with Gasteiger partial charge in [0.05, 0.1) is 0 Å². The van der Waals surface area contributed by atoms with Crippen LogP contribution in [0.25, 0.3) is 0 Å². The molecular weight excluding hydrogens is 220 g/mol. The van der Waals surface area contributed by atoms with Crippen LogP contribution in [0.3, 0.4) is 0 Å². The van der Waals surface area contributed by atoms with Crippen molar-refractivity contribution in [3.05, 3.63) is 29.8 Å². The van der Waals surface area contributed by atoms with Crippen molar-refractivity contribution in [1.82, 2.24) is 5.32 Å². The predicted octanol–water partition coefficient (Wildman–Crippen LogP) is 3.25. The van der Waals surface area contributed by atoms with Gasteiger partial charge in [-0.15, -0.1) is 0 Å². The maximum Gasteiger partial charge on any atom is 0.0366 e. The fraction of sp³-hybridized carbons (Fsp3) is 0.625. The van der Waals surface area contributed by atoms with Crippen molar-refractivity contribution >= 4 is 5.69 Å². The molecule has 1 fully saturated rings. The number of hydrogen-bond donors (Lipinski definition) is 1. The normalized spacial score (nSPS) is 18.8. The minimum absolute atomic E-state index is 0.643. The van der Waals surface area contributed by atoms with Crippen LogP contribution in [0.1, 0.15) is 38.7 Å². The molecule has 1 aromatic rings. The Kier molecular flexibility index (Phi) is 4.65. The Morgan fingerprint density at radius 1 is 1.00 bits per heavy atom. The van der Waals surface area contributed by atoms with Crippen molar-refractivity contribution in [3.63, 3.8) is 0 Å². The Balaban J connectivity index is 2.06. The van der Waals surface area contributed by atoms with Crippen LogP contribution in [0.15, 0.2) is 24.3 Å². The Labute approximate surface area is 111 Å². The highest BCUT2D eigenvalue weighted by Crippen LogP contribution is 2.26. The summed E-state index contributed by atoms with van der Waals surface area (Å²) >= 11 is 0. The van der Waals surface area contributed by atoms with E-state index in [2.05, 4.69) is 55.3 Å².